The molecule has 0 saturated carbocycles. The van der Waals surface area contributed by atoms with Crippen LogP contribution < -0.4 is 5.06 Å². The number of rotatable bonds is 2. The van der Waals surface area contributed by atoms with Crippen LogP contribution in [0.3, 0.4) is 0 Å². The predicted octanol–water partition coefficient (Wildman–Crippen LogP) is 4.37. The summed E-state index contributed by atoms with van der Waals surface area (Å²) in [5.41, 5.74) is 1.21. The third kappa shape index (κ3) is 2.16. The highest BCUT2D eigenvalue weighted by molar-refractivity contribution is 6.15. The summed E-state index contributed by atoms with van der Waals surface area (Å²) in [7, 11) is 0. The molecule has 4 nitrogen and oxygen atoms in total. The minimum Gasteiger partial charge on any atom is -0.339 e. The van der Waals surface area contributed by atoms with Gasteiger partial charge in [0.05, 0.1) is 12.1 Å². The number of para-hydroxylation sites is 1. The van der Waals surface area contributed by atoms with Crippen LogP contribution in [0.5, 0.6) is 0 Å². The standard InChI is InChI=1S/C23H16FNO3/c24-17-12-10-16(11-13-17)23-19(15-6-2-1-3-7-15)14-21(26)28-25(23)20-9-5-4-8-18(20)22(23)27/h1-13,19H,14H2/t19-,23+/m0/s1. The lowest BCUT2D eigenvalue weighted by molar-refractivity contribution is -0.153. The molecule has 138 valence electrons. The van der Waals surface area contributed by atoms with Crippen molar-refractivity contribution in [2.24, 2.45) is 0 Å². The highest BCUT2D eigenvalue weighted by atomic mass is 19.1. The van der Waals surface area contributed by atoms with Crippen molar-refractivity contribution >= 4 is 17.4 Å². The molecule has 2 aliphatic rings. The Labute approximate surface area is 161 Å². The van der Waals surface area contributed by atoms with Gasteiger partial charge in [-0.2, -0.15) is 5.06 Å². The molecular weight excluding hydrogens is 357 g/mol. The van der Waals surface area contributed by atoms with Gasteiger partial charge in [-0.15, -0.1) is 0 Å². The van der Waals surface area contributed by atoms with Gasteiger partial charge in [0.15, 0.2) is 11.3 Å². The van der Waals surface area contributed by atoms with E-state index in [1.807, 2.05) is 30.3 Å². The van der Waals surface area contributed by atoms with E-state index in [-0.39, 0.29) is 12.2 Å². The second-order valence-electron chi connectivity index (χ2n) is 7.04. The number of carbonyl (C=O) groups excluding carboxylic acids is 2. The van der Waals surface area contributed by atoms with Crippen molar-refractivity contribution in [1.29, 1.82) is 0 Å². The van der Waals surface area contributed by atoms with Crippen molar-refractivity contribution in [2.45, 2.75) is 17.9 Å². The lowest BCUT2D eigenvalue weighted by Gasteiger charge is -2.46. The molecule has 1 saturated heterocycles. The van der Waals surface area contributed by atoms with Crippen LogP contribution in [0.1, 0.15) is 33.8 Å². The minimum atomic E-state index is -1.27. The first-order valence-corrected chi connectivity index (χ1v) is 9.08. The molecule has 0 unspecified atom stereocenters. The van der Waals surface area contributed by atoms with E-state index in [4.69, 9.17) is 4.84 Å². The third-order valence-electron chi connectivity index (χ3n) is 5.59. The topological polar surface area (TPSA) is 46.6 Å². The largest absolute Gasteiger partial charge is 0.339 e. The summed E-state index contributed by atoms with van der Waals surface area (Å²) in [6.45, 7) is 0. The first-order valence-electron chi connectivity index (χ1n) is 9.08. The van der Waals surface area contributed by atoms with Crippen molar-refractivity contribution in [3.8, 4) is 0 Å². The number of ketones is 1. The van der Waals surface area contributed by atoms with Crippen molar-refractivity contribution in [3.05, 3.63) is 101 Å². The second kappa shape index (κ2) is 6.02. The van der Waals surface area contributed by atoms with Crippen LogP contribution in [-0.4, -0.2) is 11.8 Å². The number of halogens is 1. The quantitative estimate of drug-likeness (QED) is 0.669. The van der Waals surface area contributed by atoms with Gasteiger partial charge in [-0.25, -0.2) is 9.18 Å². The fourth-order valence-corrected chi connectivity index (χ4v) is 4.40. The maximum absolute atomic E-state index is 13.8. The van der Waals surface area contributed by atoms with E-state index in [0.29, 0.717) is 16.8 Å². The Bertz CT molecular complexity index is 1080. The molecular formula is C23H16FNO3. The van der Waals surface area contributed by atoms with E-state index in [1.54, 1.807) is 36.4 Å². The van der Waals surface area contributed by atoms with Gasteiger partial charge in [0.25, 0.3) is 0 Å². The van der Waals surface area contributed by atoms with E-state index in [0.717, 1.165) is 5.56 Å². The second-order valence-corrected chi connectivity index (χ2v) is 7.04. The molecule has 0 aromatic heterocycles. The molecule has 2 atom stereocenters. The van der Waals surface area contributed by atoms with E-state index < -0.39 is 23.2 Å². The average molecular weight is 373 g/mol. The Balaban J connectivity index is 1.82. The fourth-order valence-electron chi connectivity index (χ4n) is 4.40. The van der Waals surface area contributed by atoms with Crippen LogP contribution in [0.15, 0.2) is 78.9 Å². The molecule has 0 aliphatic carbocycles. The first-order chi connectivity index (χ1) is 13.6. The van der Waals surface area contributed by atoms with Crippen molar-refractivity contribution in [1.82, 2.24) is 0 Å². The van der Waals surface area contributed by atoms with E-state index in [2.05, 4.69) is 0 Å². The van der Waals surface area contributed by atoms with Gasteiger partial charge >= 0.3 is 5.97 Å². The smallest absolute Gasteiger partial charge is 0.333 e. The molecule has 0 bridgehead atoms. The number of hydroxylamine groups is 1. The summed E-state index contributed by atoms with van der Waals surface area (Å²) in [4.78, 5) is 31.9. The molecule has 0 spiro atoms. The van der Waals surface area contributed by atoms with Gasteiger partial charge in [-0.3, -0.25) is 4.79 Å². The Morgan fingerprint density at radius 3 is 2.32 bits per heavy atom. The van der Waals surface area contributed by atoms with E-state index in [9.17, 15) is 14.0 Å². The molecule has 0 radical (unpaired) electrons. The molecule has 5 rings (SSSR count). The molecule has 0 amide bonds. The van der Waals surface area contributed by atoms with Crippen LogP contribution in [0, 0.1) is 5.82 Å². The van der Waals surface area contributed by atoms with E-state index in [1.165, 1.54) is 17.2 Å². The Morgan fingerprint density at radius 1 is 0.893 bits per heavy atom. The summed E-state index contributed by atoms with van der Waals surface area (Å²) < 4.78 is 13.7. The van der Waals surface area contributed by atoms with Crippen LogP contribution >= 0.6 is 0 Å². The number of Topliss-reactive ketones (excluding diaryl/α,β-unsaturated/α-hetero) is 1. The zero-order chi connectivity index (χ0) is 19.3. The van der Waals surface area contributed by atoms with Crippen LogP contribution in [-0.2, 0) is 15.2 Å². The predicted molar refractivity (Wildman–Crippen MR) is 101 cm³/mol. The number of carbonyl (C=O) groups is 2. The van der Waals surface area contributed by atoms with Gasteiger partial charge in [0, 0.05) is 11.5 Å². The lowest BCUT2D eigenvalue weighted by atomic mass is 9.70. The van der Waals surface area contributed by atoms with Gasteiger partial charge in [-0.1, -0.05) is 54.6 Å². The summed E-state index contributed by atoms with van der Waals surface area (Å²) in [6.07, 6.45) is 0.0532. The van der Waals surface area contributed by atoms with Crippen molar-refractivity contribution in [3.63, 3.8) is 0 Å². The van der Waals surface area contributed by atoms with Crippen molar-refractivity contribution in [2.75, 3.05) is 5.06 Å². The van der Waals surface area contributed by atoms with Crippen LogP contribution in [0.25, 0.3) is 0 Å². The number of benzene rings is 3. The SMILES string of the molecule is O=C1C[C@@H](c2ccccc2)[C@]2(c3ccc(F)cc3)C(=O)c3ccccc3N2O1. The zero-order valence-corrected chi connectivity index (χ0v) is 14.8. The minimum absolute atomic E-state index is 0.0532. The zero-order valence-electron chi connectivity index (χ0n) is 14.8. The normalized spacial score (nSPS) is 23.2. The molecule has 28 heavy (non-hydrogen) atoms. The molecule has 2 heterocycles. The molecule has 1 fully saturated rings. The summed E-state index contributed by atoms with van der Waals surface area (Å²) >= 11 is 0. The van der Waals surface area contributed by atoms with Crippen LogP contribution in [0.2, 0.25) is 0 Å². The number of anilines is 1. The highest BCUT2D eigenvalue weighted by Gasteiger charge is 2.62. The molecule has 2 aliphatic heterocycles. The maximum atomic E-state index is 13.8. The number of hydrogen-bond acceptors (Lipinski definition) is 4. The lowest BCUT2D eigenvalue weighted by Crippen LogP contribution is -2.56. The average Bonchev–Trinajstić information content (AvgIpc) is 2.98. The van der Waals surface area contributed by atoms with Gasteiger partial charge < -0.3 is 4.84 Å². The molecule has 5 heteroatoms. The number of nitrogens with zero attached hydrogens (tertiary/aromatic N) is 1. The molecule has 3 aromatic rings. The fraction of sp³-hybridized carbons (Fsp3) is 0.130. The molecule has 3 aromatic carbocycles. The number of fused-ring (bicyclic) bond motifs is 3. The third-order valence-corrected chi connectivity index (χ3v) is 5.59. The van der Waals surface area contributed by atoms with Gasteiger partial charge in [-0.05, 0) is 35.4 Å². The Kier molecular flexibility index (Phi) is 3.59. The monoisotopic (exact) mass is 373 g/mol. The summed E-state index contributed by atoms with van der Waals surface area (Å²) in [5.74, 6) is -1.42. The van der Waals surface area contributed by atoms with Gasteiger partial charge in [0.1, 0.15) is 5.82 Å². The summed E-state index contributed by atoms with van der Waals surface area (Å²) in [6, 6.07) is 22.4. The van der Waals surface area contributed by atoms with Gasteiger partial charge in [0.2, 0.25) is 0 Å². The van der Waals surface area contributed by atoms with Crippen LogP contribution in [0.4, 0.5) is 10.1 Å². The number of hydrogen-bond donors (Lipinski definition) is 0. The Hall–Kier alpha value is -3.47. The molecule has 0 N–H and O–H groups in total. The maximum Gasteiger partial charge on any atom is 0.333 e. The highest BCUT2D eigenvalue weighted by Crippen LogP contribution is 2.55. The Morgan fingerprint density at radius 2 is 1.57 bits per heavy atom. The van der Waals surface area contributed by atoms with Crippen molar-refractivity contribution < 1.29 is 18.8 Å². The van der Waals surface area contributed by atoms with E-state index >= 15 is 0 Å². The summed E-state index contributed by atoms with van der Waals surface area (Å²) in [5, 5.41) is 1.43. The first kappa shape index (κ1) is 16.7.